The molecule has 158 valence electrons. The van der Waals surface area contributed by atoms with Crippen molar-refractivity contribution in [1.29, 1.82) is 0 Å². The second-order valence-electron chi connectivity index (χ2n) is 7.40. The Morgan fingerprint density at radius 3 is 2.60 bits per heavy atom. The minimum absolute atomic E-state index is 0.0129. The molecular weight excluding hydrogens is 390 g/mol. The first kappa shape index (κ1) is 20.5. The molecule has 0 radical (unpaired) electrons. The van der Waals surface area contributed by atoms with E-state index in [1.165, 1.54) is 18.2 Å². The number of rotatable bonds is 6. The van der Waals surface area contributed by atoms with E-state index in [2.05, 4.69) is 4.98 Å². The van der Waals surface area contributed by atoms with Crippen molar-refractivity contribution in [2.45, 2.75) is 32.0 Å². The molecule has 0 bridgehead atoms. The van der Waals surface area contributed by atoms with Crippen LogP contribution in [0.4, 0.5) is 8.78 Å². The summed E-state index contributed by atoms with van der Waals surface area (Å²) in [6, 6.07) is 9.43. The van der Waals surface area contributed by atoms with Crippen LogP contribution in [0.1, 0.15) is 29.8 Å². The second kappa shape index (κ2) is 8.53. The van der Waals surface area contributed by atoms with Crippen molar-refractivity contribution in [3.8, 4) is 11.4 Å². The summed E-state index contributed by atoms with van der Waals surface area (Å²) < 4.78 is 47.6. The molecule has 1 aromatic heterocycles. The smallest absolute Gasteiger partial charge is 0.131 e. The summed E-state index contributed by atoms with van der Waals surface area (Å²) in [7, 11) is 1.62. The minimum Gasteiger partial charge on any atom is -0.489 e. The van der Waals surface area contributed by atoms with Crippen molar-refractivity contribution in [1.82, 2.24) is 9.55 Å². The van der Waals surface area contributed by atoms with Crippen LogP contribution in [0.15, 0.2) is 48.8 Å². The molecule has 0 atom stereocenters. The molecule has 5 nitrogen and oxygen atoms in total. The lowest BCUT2D eigenvalue weighted by atomic mass is 9.86. The van der Waals surface area contributed by atoms with Gasteiger partial charge in [-0.05, 0) is 36.8 Å². The fourth-order valence-electron chi connectivity index (χ4n) is 3.84. The van der Waals surface area contributed by atoms with Crippen molar-refractivity contribution in [3.05, 3.63) is 77.4 Å². The molecule has 1 fully saturated rings. The highest BCUT2D eigenvalue weighted by atomic mass is 19.1. The zero-order chi connectivity index (χ0) is 21.1. The minimum atomic E-state index is -0.603. The number of hydrogen-bond donors (Lipinski definition) is 0. The molecule has 1 saturated heterocycles. The van der Waals surface area contributed by atoms with E-state index in [0.29, 0.717) is 48.6 Å². The number of imidazole rings is 1. The molecule has 30 heavy (non-hydrogen) atoms. The summed E-state index contributed by atoms with van der Waals surface area (Å²) in [4.78, 5) is 4.15. The third kappa shape index (κ3) is 4.08. The lowest BCUT2D eigenvalue weighted by Gasteiger charge is -2.36. The topological polar surface area (TPSA) is 45.5 Å². The Labute approximate surface area is 174 Å². The van der Waals surface area contributed by atoms with Crippen molar-refractivity contribution in [2.75, 3.05) is 20.3 Å². The number of benzene rings is 2. The van der Waals surface area contributed by atoms with Gasteiger partial charge in [0.2, 0.25) is 0 Å². The average molecular weight is 414 g/mol. The zero-order valence-electron chi connectivity index (χ0n) is 17.0. The zero-order valence-corrected chi connectivity index (χ0v) is 17.0. The van der Waals surface area contributed by atoms with Crippen LogP contribution >= 0.6 is 0 Å². The SMILES string of the molecule is COC1(c2cc(F)cc(OCc3ccc(-n4ccnc4C)cc3F)c2)CCOCC1. The summed E-state index contributed by atoms with van der Waals surface area (Å²) in [6.45, 7) is 2.94. The van der Waals surface area contributed by atoms with E-state index in [0.717, 1.165) is 5.82 Å². The van der Waals surface area contributed by atoms with Gasteiger partial charge in [-0.2, -0.15) is 0 Å². The third-order valence-corrected chi connectivity index (χ3v) is 5.62. The number of aryl methyl sites for hydroxylation is 1. The number of hydrogen-bond acceptors (Lipinski definition) is 4. The Bertz CT molecular complexity index is 1030. The standard InChI is InChI=1S/C23H24F2N2O3/c1-16-26-7-8-27(16)20-4-3-17(22(25)14-20)15-30-21-12-18(11-19(24)13-21)23(28-2)5-9-29-10-6-23/h3-4,7-8,11-14H,5-6,9-10,15H2,1-2H3. The number of halogens is 2. The van der Waals surface area contributed by atoms with Crippen LogP contribution in [0.2, 0.25) is 0 Å². The maximum absolute atomic E-state index is 14.6. The van der Waals surface area contributed by atoms with Gasteiger partial charge < -0.3 is 18.8 Å². The molecule has 3 aromatic rings. The van der Waals surface area contributed by atoms with Gasteiger partial charge in [0, 0.05) is 62.9 Å². The first-order chi connectivity index (χ1) is 14.5. The molecule has 0 spiro atoms. The van der Waals surface area contributed by atoms with Gasteiger partial charge in [0.25, 0.3) is 0 Å². The molecule has 7 heteroatoms. The first-order valence-corrected chi connectivity index (χ1v) is 9.86. The second-order valence-corrected chi connectivity index (χ2v) is 7.40. The number of aromatic nitrogens is 2. The van der Waals surface area contributed by atoms with E-state index in [-0.39, 0.29) is 6.61 Å². The van der Waals surface area contributed by atoms with Crippen LogP contribution in [-0.2, 0) is 21.7 Å². The average Bonchev–Trinajstić information content (AvgIpc) is 3.19. The van der Waals surface area contributed by atoms with Crippen molar-refractivity contribution < 1.29 is 23.0 Å². The van der Waals surface area contributed by atoms with Gasteiger partial charge in [-0.25, -0.2) is 13.8 Å². The molecule has 2 heterocycles. The van der Waals surface area contributed by atoms with Crippen LogP contribution in [0.3, 0.4) is 0 Å². The van der Waals surface area contributed by atoms with E-state index >= 15 is 0 Å². The maximum Gasteiger partial charge on any atom is 0.131 e. The van der Waals surface area contributed by atoms with Gasteiger partial charge in [-0.3, -0.25) is 0 Å². The summed E-state index contributed by atoms with van der Waals surface area (Å²) in [5, 5.41) is 0. The Balaban J connectivity index is 1.53. The molecule has 2 aromatic carbocycles. The Morgan fingerprint density at radius 2 is 1.93 bits per heavy atom. The monoisotopic (exact) mass is 414 g/mol. The molecule has 0 N–H and O–H groups in total. The van der Waals surface area contributed by atoms with Crippen LogP contribution in [0, 0.1) is 18.6 Å². The Hall–Kier alpha value is -2.77. The van der Waals surface area contributed by atoms with E-state index in [9.17, 15) is 8.78 Å². The summed E-state index contributed by atoms with van der Waals surface area (Å²) in [5.74, 6) is 0.291. The van der Waals surface area contributed by atoms with Gasteiger partial charge in [0.15, 0.2) is 0 Å². The van der Waals surface area contributed by atoms with Gasteiger partial charge in [-0.1, -0.05) is 6.07 Å². The summed E-state index contributed by atoms with van der Waals surface area (Å²) in [5.41, 5.74) is 1.17. The highest BCUT2D eigenvalue weighted by Crippen LogP contribution is 2.37. The first-order valence-electron chi connectivity index (χ1n) is 9.86. The molecule has 0 amide bonds. The number of nitrogens with zero attached hydrogens (tertiary/aromatic N) is 2. The van der Waals surface area contributed by atoms with Gasteiger partial charge in [0.05, 0.1) is 5.60 Å². The molecule has 0 unspecified atom stereocenters. The molecule has 1 aliphatic heterocycles. The van der Waals surface area contributed by atoms with Crippen LogP contribution in [0.5, 0.6) is 5.75 Å². The summed E-state index contributed by atoms with van der Waals surface area (Å²) in [6.07, 6.45) is 4.71. The normalized spacial score (nSPS) is 15.9. The predicted molar refractivity (Wildman–Crippen MR) is 108 cm³/mol. The maximum atomic E-state index is 14.6. The van der Waals surface area contributed by atoms with E-state index < -0.39 is 17.2 Å². The highest BCUT2D eigenvalue weighted by molar-refractivity contribution is 5.38. The Morgan fingerprint density at radius 1 is 1.13 bits per heavy atom. The van der Waals surface area contributed by atoms with Crippen LogP contribution < -0.4 is 4.74 Å². The van der Waals surface area contributed by atoms with Gasteiger partial charge in [-0.15, -0.1) is 0 Å². The van der Waals surface area contributed by atoms with Crippen molar-refractivity contribution in [2.24, 2.45) is 0 Å². The lowest BCUT2D eigenvalue weighted by Crippen LogP contribution is -2.35. The summed E-state index contributed by atoms with van der Waals surface area (Å²) >= 11 is 0. The largest absolute Gasteiger partial charge is 0.489 e. The fraction of sp³-hybridized carbons (Fsp3) is 0.348. The quantitative estimate of drug-likeness (QED) is 0.587. The van der Waals surface area contributed by atoms with E-state index in [4.69, 9.17) is 14.2 Å². The van der Waals surface area contributed by atoms with Crippen LogP contribution in [0.25, 0.3) is 5.69 Å². The van der Waals surface area contributed by atoms with Crippen LogP contribution in [-0.4, -0.2) is 29.9 Å². The molecule has 1 aliphatic rings. The Kier molecular flexibility index (Phi) is 5.83. The highest BCUT2D eigenvalue weighted by Gasteiger charge is 2.35. The van der Waals surface area contributed by atoms with Gasteiger partial charge in [0.1, 0.15) is 29.8 Å². The van der Waals surface area contributed by atoms with E-state index in [1.54, 1.807) is 42.3 Å². The molecule has 0 aliphatic carbocycles. The number of methoxy groups -OCH3 is 1. The molecular formula is C23H24F2N2O3. The molecule has 0 saturated carbocycles. The lowest BCUT2D eigenvalue weighted by molar-refractivity contribution is -0.0950. The predicted octanol–water partition coefficient (Wildman–Crippen LogP) is 4.69. The van der Waals surface area contributed by atoms with Crippen molar-refractivity contribution >= 4 is 0 Å². The van der Waals surface area contributed by atoms with E-state index in [1.807, 2.05) is 6.92 Å². The number of ether oxygens (including phenoxy) is 3. The third-order valence-electron chi connectivity index (χ3n) is 5.62. The van der Waals surface area contributed by atoms with Gasteiger partial charge >= 0.3 is 0 Å². The van der Waals surface area contributed by atoms with Crippen molar-refractivity contribution in [3.63, 3.8) is 0 Å². The fourth-order valence-corrected chi connectivity index (χ4v) is 3.84. The molecule has 4 rings (SSSR count).